The van der Waals surface area contributed by atoms with Crippen molar-refractivity contribution in [1.82, 2.24) is 0 Å². The average molecular weight is 152 g/mol. The molecule has 0 aromatic carbocycles. The standard InChI is InChI=1S/C10H16O/c1-8(2)9-3-5-10(6-4-9)7-11-10/h3,5,8-9H,4,6-7H2,1-2H3. The molecule has 0 saturated carbocycles. The van der Waals surface area contributed by atoms with E-state index in [0.29, 0.717) is 0 Å². The van der Waals surface area contributed by atoms with Crippen LogP contribution in [0.4, 0.5) is 0 Å². The van der Waals surface area contributed by atoms with Gasteiger partial charge in [-0.05, 0) is 24.7 Å². The maximum absolute atomic E-state index is 5.38. The van der Waals surface area contributed by atoms with Gasteiger partial charge in [-0.3, -0.25) is 0 Å². The Balaban J connectivity index is 2.00. The van der Waals surface area contributed by atoms with Gasteiger partial charge < -0.3 is 4.74 Å². The van der Waals surface area contributed by atoms with Crippen LogP contribution in [0.25, 0.3) is 0 Å². The van der Waals surface area contributed by atoms with E-state index in [0.717, 1.165) is 18.4 Å². The third-order valence-corrected chi connectivity index (χ3v) is 2.92. The molecule has 1 spiro atoms. The van der Waals surface area contributed by atoms with Crippen LogP contribution in [0.15, 0.2) is 12.2 Å². The molecule has 2 atom stereocenters. The van der Waals surface area contributed by atoms with Crippen molar-refractivity contribution < 1.29 is 4.74 Å². The molecule has 2 aliphatic rings. The molecule has 11 heavy (non-hydrogen) atoms. The van der Waals surface area contributed by atoms with Crippen LogP contribution in [0.5, 0.6) is 0 Å². The van der Waals surface area contributed by atoms with Crippen molar-refractivity contribution in [3.8, 4) is 0 Å². The van der Waals surface area contributed by atoms with E-state index in [2.05, 4.69) is 26.0 Å². The minimum Gasteiger partial charge on any atom is -0.365 e. The normalized spacial score (nSPS) is 41.9. The first-order chi connectivity index (χ1) is 5.22. The fourth-order valence-corrected chi connectivity index (χ4v) is 1.78. The highest BCUT2D eigenvalue weighted by Crippen LogP contribution is 2.40. The summed E-state index contributed by atoms with van der Waals surface area (Å²) < 4.78 is 5.38. The van der Waals surface area contributed by atoms with Gasteiger partial charge in [0.05, 0.1) is 6.61 Å². The summed E-state index contributed by atoms with van der Waals surface area (Å²) in [5, 5.41) is 0. The lowest BCUT2D eigenvalue weighted by molar-refractivity contribution is 0.289. The highest BCUT2D eigenvalue weighted by atomic mass is 16.6. The quantitative estimate of drug-likeness (QED) is 0.415. The third kappa shape index (κ3) is 1.34. The summed E-state index contributed by atoms with van der Waals surface area (Å²) in [6, 6.07) is 0. The van der Waals surface area contributed by atoms with Crippen LogP contribution in [0, 0.1) is 11.8 Å². The molecule has 0 bridgehead atoms. The van der Waals surface area contributed by atoms with Crippen molar-refractivity contribution in [3.05, 3.63) is 12.2 Å². The number of hydrogen-bond acceptors (Lipinski definition) is 1. The first-order valence-electron chi connectivity index (χ1n) is 4.55. The van der Waals surface area contributed by atoms with Gasteiger partial charge in [0, 0.05) is 0 Å². The maximum atomic E-state index is 5.38. The Kier molecular flexibility index (Phi) is 1.57. The monoisotopic (exact) mass is 152 g/mol. The molecule has 1 aliphatic carbocycles. The van der Waals surface area contributed by atoms with Crippen LogP contribution < -0.4 is 0 Å². The molecule has 2 rings (SSSR count). The van der Waals surface area contributed by atoms with Crippen LogP contribution in [0.2, 0.25) is 0 Å². The van der Waals surface area contributed by atoms with E-state index in [9.17, 15) is 0 Å². The predicted octanol–water partition coefficient (Wildman–Crippen LogP) is 2.38. The second kappa shape index (κ2) is 2.34. The van der Waals surface area contributed by atoms with Gasteiger partial charge in [-0.2, -0.15) is 0 Å². The number of allylic oxidation sites excluding steroid dienone is 1. The molecule has 1 nitrogen and oxygen atoms in total. The van der Waals surface area contributed by atoms with Crippen molar-refractivity contribution in [1.29, 1.82) is 0 Å². The lowest BCUT2D eigenvalue weighted by atomic mass is 9.83. The lowest BCUT2D eigenvalue weighted by Crippen LogP contribution is -2.18. The minimum atomic E-state index is 0.214. The summed E-state index contributed by atoms with van der Waals surface area (Å²) in [7, 11) is 0. The number of hydrogen-bond donors (Lipinski definition) is 0. The predicted molar refractivity (Wildman–Crippen MR) is 45.4 cm³/mol. The summed E-state index contributed by atoms with van der Waals surface area (Å²) >= 11 is 0. The summed E-state index contributed by atoms with van der Waals surface area (Å²) in [5.74, 6) is 1.59. The van der Waals surface area contributed by atoms with E-state index in [4.69, 9.17) is 4.74 Å². The highest BCUT2D eigenvalue weighted by molar-refractivity contribution is 5.15. The van der Waals surface area contributed by atoms with Crippen LogP contribution in [-0.4, -0.2) is 12.2 Å². The fraction of sp³-hybridized carbons (Fsp3) is 0.800. The Morgan fingerprint density at radius 2 is 2.27 bits per heavy atom. The Morgan fingerprint density at radius 1 is 1.55 bits per heavy atom. The number of rotatable bonds is 1. The van der Waals surface area contributed by atoms with Crippen LogP contribution in [0.1, 0.15) is 26.7 Å². The zero-order chi connectivity index (χ0) is 7.90. The van der Waals surface area contributed by atoms with Gasteiger partial charge in [0.15, 0.2) is 0 Å². The van der Waals surface area contributed by atoms with Crippen molar-refractivity contribution >= 4 is 0 Å². The summed E-state index contributed by atoms with van der Waals surface area (Å²) in [6.07, 6.45) is 7.18. The van der Waals surface area contributed by atoms with Gasteiger partial charge in [0.2, 0.25) is 0 Å². The molecule has 1 heteroatoms. The van der Waals surface area contributed by atoms with Gasteiger partial charge in [-0.1, -0.05) is 26.0 Å². The van der Waals surface area contributed by atoms with Crippen LogP contribution in [0.3, 0.4) is 0 Å². The fourth-order valence-electron chi connectivity index (χ4n) is 1.78. The second-order valence-electron chi connectivity index (χ2n) is 4.16. The topological polar surface area (TPSA) is 12.5 Å². The molecule has 0 radical (unpaired) electrons. The number of ether oxygens (including phenoxy) is 1. The van der Waals surface area contributed by atoms with Gasteiger partial charge >= 0.3 is 0 Å². The van der Waals surface area contributed by atoms with E-state index in [1.165, 1.54) is 12.8 Å². The number of epoxide rings is 1. The second-order valence-corrected chi connectivity index (χ2v) is 4.16. The minimum absolute atomic E-state index is 0.214. The van der Waals surface area contributed by atoms with Crippen LogP contribution >= 0.6 is 0 Å². The smallest absolute Gasteiger partial charge is 0.110 e. The summed E-state index contributed by atoms with van der Waals surface area (Å²) in [4.78, 5) is 0. The lowest BCUT2D eigenvalue weighted by Gasteiger charge is -2.23. The van der Waals surface area contributed by atoms with Crippen molar-refractivity contribution in [2.75, 3.05) is 6.61 Å². The summed E-state index contributed by atoms with van der Waals surface area (Å²) in [5.41, 5.74) is 0.214. The van der Waals surface area contributed by atoms with E-state index in [1.54, 1.807) is 0 Å². The molecule has 2 unspecified atom stereocenters. The molecule has 1 aliphatic heterocycles. The molecular formula is C10H16O. The Morgan fingerprint density at radius 3 is 2.64 bits per heavy atom. The van der Waals surface area contributed by atoms with Gasteiger partial charge in [-0.25, -0.2) is 0 Å². The van der Waals surface area contributed by atoms with E-state index >= 15 is 0 Å². The molecule has 1 saturated heterocycles. The molecule has 0 aromatic heterocycles. The zero-order valence-corrected chi connectivity index (χ0v) is 7.34. The molecule has 62 valence electrons. The van der Waals surface area contributed by atoms with Crippen molar-refractivity contribution in [3.63, 3.8) is 0 Å². The molecule has 0 aromatic rings. The summed E-state index contributed by atoms with van der Waals surface area (Å²) in [6.45, 7) is 5.55. The van der Waals surface area contributed by atoms with E-state index < -0.39 is 0 Å². The van der Waals surface area contributed by atoms with Crippen molar-refractivity contribution in [2.45, 2.75) is 32.3 Å². The maximum Gasteiger partial charge on any atom is 0.110 e. The Bertz CT molecular complexity index is 177. The molecule has 0 amide bonds. The first kappa shape index (κ1) is 7.35. The van der Waals surface area contributed by atoms with E-state index in [1.807, 2.05) is 0 Å². The Labute approximate surface area is 68.4 Å². The van der Waals surface area contributed by atoms with Crippen LogP contribution in [-0.2, 0) is 4.74 Å². The SMILES string of the molecule is CC(C)C1C=CC2(CC1)CO2. The zero-order valence-electron chi connectivity index (χ0n) is 7.34. The van der Waals surface area contributed by atoms with E-state index in [-0.39, 0.29) is 5.60 Å². The average Bonchev–Trinajstić information content (AvgIpc) is 2.70. The molecule has 0 N–H and O–H groups in total. The molecular weight excluding hydrogens is 136 g/mol. The van der Waals surface area contributed by atoms with Gasteiger partial charge in [0.25, 0.3) is 0 Å². The molecule has 1 heterocycles. The van der Waals surface area contributed by atoms with Gasteiger partial charge in [0.1, 0.15) is 5.60 Å². The van der Waals surface area contributed by atoms with Gasteiger partial charge in [-0.15, -0.1) is 0 Å². The largest absolute Gasteiger partial charge is 0.365 e. The molecule has 1 fully saturated rings. The van der Waals surface area contributed by atoms with Crippen molar-refractivity contribution in [2.24, 2.45) is 11.8 Å². The first-order valence-corrected chi connectivity index (χ1v) is 4.55. The Hall–Kier alpha value is -0.300. The third-order valence-electron chi connectivity index (χ3n) is 2.92. The highest BCUT2D eigenvalue weighted by Gasteiger charge is 2.43.